The first-order chi connectivity index (χ1) is 16.6. The predicted molar refractivity (Wildman–Crippen MR) is 137 cm³/mol. The van der Waals surface area contributed by atoms with Gasteiger partial charge in [0, 0.05) is 19.6 Å². The molecule has 9 heteroatoms. The molecule has 35 heavy (non-hydrogen) atoms. The summed E-state index contributed by atoms with van der Waals surface area (Å²) >= 11 is 0. The highest BCUT2D eigenvalue weighted by Gasteiger charge is 2.27. The van der Waals surface area contributed by atoms with Gasteiger partial charge < -0.3 is 5.32 Å². The van der Waals surface area contributed by atoms with Crippen molar-refractivity contribution in [3.8, 4) is 5.69 Å². The number of aromatic nitrogens is 2. The van der Waals surface area contributed by atoms with E-state index in [4.69, 9.17) is 0 Å². The Hall–Kier alpha value is -3.01. The number of rotatable bonds is 6. The summed E-state index contributed by atoms with van der Waals surface area (Å²) in [7, 11) is -3.55. The van der Waals surface area contributed by atoms with E-state index in [0.717, 1.165) is 22.6 Å². The average molecular weight is 496 g/mol. The molecular weight excluding hydrogens is 462 g/mol. The fourth-order valence-electron chi connectivity index (χ4n) is 4.35. The van der Waals surface area contributed by atoms with Crippen molar-refractivity contribution in [1.82, 2.24) is 19.0 Å². The Labute approximate surface area is 207 Å². The molecule has 1 amide bonds. The van der Waals surface area contributed by atoms with E-state index < -0.39 is 10.0 Å². The van der Waals surface area contributed by atoms with Crippen molar-refractivity contribution in [2.24, 2.45) is 0 Å². The molecule has 8 nitrogen and oxygen atoms in total. The Bertz CT molecular complexity index is 1300. The minimum Gasteiger partial charge on any atom is -0.322 e. The number of nitrogens with zero attached hydrogens (tertiary/aromatic N) is 4. The summed E-state index contributed by atoms with van der Waals surface area (Å²) in [5.41, 5.74) is 5.47. The molecule has 3 aromatic rings. The van der Waals surface area contributed by atoms with Gasteiger partial charge in [0.2, 0.25) is 15.9 Å². The zero-order chi connectivity index (χ0) is 25.2. The highest BCUT2D eigenvalue weighted by Crippen LogP contribution is 2.23. The quantitative estimate of drug-likeness (QED) is 0.566. The molecule has 1 fully saturated rings. The van der Waals surface area contributed by atoms with E-state index >= 15 is 0 Å². The standard InChI is InChI=1S/C26H33N5O3S/c1-19-6-10-23(11-7-19)31-22(4)26(21(3)28-31)27-25(32)18-29-14-5-15-30(17-16-29)35(33,34)24-12-8-20(2)9-13-24/h6-13H,5,14-18H2,1-4H3,(H,27,32). The number of benzene rings is 2. The van der Waals surface area contributed by atoms with Crippen LogP contribution in [0.25, 0.3) is 5.69 Å². The first-order valence-corrected chi connectivity index (χ1v) is 13.3. The van der Waals surface area contributed by atoms with E-state index in [0.29, 0.717) is 43.2 Å². The molecule has 0 aliphatic carbocycles. The molecule has 0 bridgehead atoms. The van der Waals surface area contributed by atoms with Crippen molar-refractivity contribution >= 4 is 21.6 Å². The monoisotopic (exact) mass is 495 g/mol. The number of nitrogens with one attached hydrogen (secondary N) is 1. The maximum atomic E-state index is 13.1. The van der Waals surface area contributed by atoms with Gasteiger partial charge in [-0.2, -0.15) is 9.40 Å². The molecule has 4 rings (SSSR count). The number of amides is 1. The Morgan fingerprint density at radius 1 is 0.886 bits per heavy atom. The first-order valence-electron chi connectivity index (χ1n) is 11.9. The fraction of sp³-hybridized carbons (Fsp3) is 0.385. The van der Waals surface area contributed by atoms with E-state index in [2.05, 4.69) is 10.4 Å². The summed E-state index contributed by atoms with van der Waals surface area (Å²) in [4.78, 5) is 15.2. The van der Waals surface area contributed by atoms with Crippen molar-refractivity contribution in [2.75, 3.05) is 38.0 Å². The Kier molecular flexibility index (Phi) is 7.39. The molecule has 0 saturated carbocycles. The van der Waals surface area contributed by atoms with Crippen LogP contribution in [0.5, 0.6) is 0 Å². The first kappa shape index (κ1) is 25.1. The zero-order valence-corrected chi connectivity index (χ0v) is 21.6. The van der Waals surface area contributed by atoms with Crippen LogP contribution in [-0.2, 0) is 14.8 Å². The lowest BCUT2D eigenvalue weighted by Crippen LogP contribution is -2.38. The van der Waals surface area contributed by atoms with Crippen molar-refractivity contribution < 1.29 is 13.2 Å². The maximum absolute atomic E-state index is 13.1. The van der Waals surface area contributed by atoms with Gasteiger partial charge in [0.15, 0.2) is 0 Å². The van der Waals surface area contributed by atoms with Crippen LogP contribution < -0.4 is 5.32 Å². The average Bonchev–Trinajstić information content (AvgIpc) is 2.98. The Morgan fingerprint density at radius 2 is 1.51 bits per heavy atom. The molecule has 0 spiro atoms. The second kappa shape index (κ2) is 10.3. The second-order valence-corrected chi connectivity index (χ2v) is 11.1. The van der Waals surface area contributed by atoms with E-state index in [-0.39, 0.29) is 12.5 Å². The van der Waals surface area contributed by atoms with Crippen LogP contribution in [0.2, 0.25) is 0 Å². The van der Waals surface area contributed by atoms with Crippen molar-refractivity contribution in [1.29, 1.82) is 0 Å². The van der Waals surface area contributed by atoms with Gasteiger partial charge in [-0.3, -0.25) is 9.69 Å². The summed E-state index contributed by atoms with van der Waals surface area (Å²) in [6.45, 7) is 9.95. The van der Waals surface area contributed by atoms with Crippen LogP contribution in [0.15, 0.2) is 53.4 Å². The van der Waals surface area contributed by atoms with Crippen molar-refractivity contribution in [2.45, 2.75) is 39.0 Å². The molecule has 0 unspecified atom stereocenters. The van der Waals surface area contributed by atoms with Gasteiger partial charge in [-0.05, 0) is 64.9 Å². The number of hydrogen-bond donors (Lipinski definition) is 1. The minimum absolute atomic E-state index is 0.130. The number of sulfonamides is 1. The van der Waals surface area contributed by atoms with Crippen LogP contribution in [0.3, 0.4) is 0 Å². The van der Waals surface area contributed by atoms with Gasteiger partial charge in [-0.25, -0.2) is 13.1 Å². The lowest BCUT2D eigenvalue weighted by atomic mass is 10.2. The highest BCUT2D eigenvalue weighted by molar-refractivity contribution is 7.89. The number of carbonyl (C=O) groups is 1. The molecule has 1 aliphatic heterocycles. The smallest absolute Gasteiger partial charge is 0.243 e. The minimum atomic E-state index is -3.55. The largest absolute Gasteiger partial charge is 0.322 e. The van der Waals surface area contributed by atoms with Crippen LogP contribution in [0, 0.1) is 27.7 Å². The molecule has 2 aromatic carbocycles. The second-order valence-electron chi connectivity index (χ2n) is 9.19. The van der Waals surface area contributed by atoms with Crippen LogP contribution in [-0.4, -0.2) is 66.0 Å². The van der Waals surface area contributed by atoms with Crippen LogP contribution in [0.4, 0.5) is 5.69 Å². The summed E-state index contributed by atoms with van der Waals surface area (Å²) in [6, 6.07) is 15.0. The highest BCUT2D eigenvalue weighted by atomic mass is 32.2. The van der Waals surface area contributed by atoms with Gasteiger partial charge in [-0.15, -0.1) is 0 Å². The normalized spacial score (nSPS) is 15.7. The van der Waals surface area contributed by atoms with Gasteiger partial charge in [0.05, 0.1) is 34.2 Å². The van der Waals surface area contributed by atoms with Crippen LogP contribution >= 0.6 is 0 Å². The van der Waals surface area contributed by atoms with E-state index in [1.807, 2.05) is 73.7 Å². The topological polar surface area (TPSA) is 87.5 Å². The molecule has 186 valence electrons. The predicted octanol–water partition coefficient (Wildman–Crippen LogP) is 3.44. The van der Waals surface area contributed by atoms with E-state index in [9.17, 15) is 13.2 Å². The SMILES string of the molecule is Cc1ccc(-n2nc(C)c(NC(=O)CN3CCCN(S(=O)(=O)c4ccc(C)cc4)CC3)c2C)cc1. The van der Waals surface area contributed by atoms with Gasteiger partial charge >= 0.3 is 0 Å². The van der Waals surface area contributed by atoms with Crippen molar-refractivity contribution in [3.63, 3.8) is 0 Å². The third-order valence-electron chi connectivity index (χ3n) is 6.41. The third kappa shape index (κ3) is 5.63. The van der Waals surface area contributed by atoms with Gasteiger partial charge in [0.25, 0.3) is 0 Å². The number of anilines is 1. The molecule has 1 aliphatic rings. The number of aryl methyl sites for hydroxylation is 3. The van der Waals surface area contributed by atoms with E-state index in [1.54, 1.807) is 12.1 Å². The molecule has 2 heterocycles. The zero-order valence-electron chi connectivity index (χ0n) is 20.8. The molecule has 1 saturated heterocycles. The van der Waals surface area contributed by atoms with Crippen molar-refractivity contribution in [3.05, 3.63) is 71.0 Å². The molecular formula is C26H33N5O3S. The lowest BCUT2D eigenvalue weighted by Gasteiger charge is -2.21. The molecule has 0 atom stereocenters. The molecule has 0 radical (unpaired) electrons. The Morgan fingerprint density at radius 3 is 2.17 bits per heavy atom. The molecule has 1 N–H and O–H groups in total. The maximum Gasteiger partial charge on any atom is 0.243 e. The summed E-state index contributed by atoms with van der Waals surface area (Å²) in [5.74, 6) is -0.130. The lowest BCUT2D eigenvalue weighted by molar-refractivity contribution is -0.117. The Balaban J connectivity index is 1.39. The number of hydrogen-bond acceptors (Lipinski definition) is 5. The van der Waals surface area contributed by atoms with Gasteiger partial charge in [-0.1, -0.05) is 35.4 Å². The summed E-state index contributed by atoms with van der Waals surface area (Å²) in [5, 5.41) is 7.64. The fourth-order valence-corrected chi connectivity index (χ4v) is 5.82. The van der Waals surface area contributed by atoms with E-state index in [1.165, 1.54) is 9.87 Å². The summed E-state index contributed by atoms with van der Waals surface area (Å²) < 4.78 is 29.5. The number of carbonyl (C=O) groups excluding carboxylic acids is 1. The summed E-state index contributed by atoms with van der Waals surface area (Å²) in [6.07, 6.45) is 0.668. The third-order valence-corrected chi connectivity index (χ3v) is 8.32. The van der Waals surface area contributed by atoms with Gasteiger partial charge in [0.1, 0.15) is 0 Å². The molecule has 1 aromatic heterocycles. The van der Waals surface area contributed by atoms with Crippen LogP contribution in [0.1, 0.15) is 28.9 Å².